The van der Waals surface area contributed by atoms with Crippen molar-refractivity contribution in [1.82, 2.24) is 10.1 Å². The van der Waals surface area contributed by atoms with E-state index in [1.165, 1.54) is 0 Å². The van der Waals surface area contributed by atoms with Crippen molar-refractivity contribution in [2.45, 2.75) is 18.4 Å². The Hall–Kier alpha value is -1.14. The van der Waals surface area contributed by atoms with Crippen LogP contribution in [0, 0.1) is 0 Å². The summed E-state index contributed by atoms with van der Waals surface area (Å²) in [6.45, 7) is 1.20. The first-order valence-corrected chi connectivity index (χ1v) is 7.00. The highest BCUT2D eigenvalue weighted by atomic mass is 35.5. The van der Waals surface area contributed by atoms with Gasteiger partial charge in [0.2, 0.25) is 11.7 Å². The van der Waals surface area contributed by atoms with Gasteiger partial charge in [0.1, 0.15) is 5.54 Å². The molecular weight excluding hydrogens is 301 g/mol. The average Bonchev–Trinajstić information content (AvgIpc) is 2.93. The van der Waals surface area contributed by atoms with Gasteiger partial charge >= 0.3 is 0 Å². The minimum atomic E-state index is -0.611. The molecule has 0 aliphatic carbocycles. The molecule has 0 radical (unpaired) electrons. The first kappa shape index (κ1) is 13.8. The number of ether oxygens (including phenoxy) is 1. The molecule has 2 N–H and O–H groups in total. The Kier molecular flexibility index (Phi) is 3.69. The van der Waals surface area contributed by atoms with E-state index in [0.29, 0.717) is 47.8 Å². The molecular formula is C13H13Cl2N3O2. The molecule has 2 heterocycles. The normalized spacial score (nSPS) is 18.1. The molecule has 0 spiro atoms. The molecule has 0 amide bonds. The van der Waals surface area contributed by atoms with Crippen molar-refractivity contribution in [1.29, 1.82) is 0 Å². The van der Waals surface area contributed by atoms with Crippen molar-refractivity contribution in [2.24, 2.45) is 5.73 Å². The Bertz CT molecular complexity index is 624. The van der Waals surface area contributed by atoms with Crippen molar-refractivity contribution < 1.29 is 9.26 Å². The summed E-state index contributed by atoms with van der Waals surface area (Å²) < 4.78 is 10.6. The van der Waals surface area contributed by atoms with Crippen LogP contribution in [0.4, 0.5) is 0 Å². The Morgan fingerprint density at radius 2 is 1.90 bits per heavy atom. The average molecular weight is 314 g/mol. The number of benzene rings is 1. The Labute approximate surface area is 126 Å². The molecule has 3 rings (SSSR count). The minimum Gasteiger partial charge on any atom is -0.381 e. The molecule has 1 aromatic carbocycles. The van der Waals surface area contributed by atoms with E-state index >= 15 is 0 Å². The highest BCUT2D eigenvalue weighted by molar-refractivity contribution is 6.42. The molecule has 20 heavy (non-hydrogen) atoms. The van der Waals surface area contributed by atoms with Crippen LogP contribution < -0.4 is 5.73 Å². The molecule has 1 fully saturated rings. The molecule has 1 aliphatic rings. The summed E-state index contributed by atoms with van der Waals surface area (Å²) in [6.07, 6.45) is 1.33. The summed E-state index contributed by atoms with van der Waals surface area (Å²) in [5.41, 5.74) is 6.43. The number of hydrogen-bond donors (Lipinski definition) is 1. The first-order valence-electron chi connectivity index (χ1n) is 6.25. The maximum Gasteiger partial charge on any atom is 0.247 e. The molecule has 7 heteroatoms. The second kappa shape index (κ2) is 5.33. The van der Waals surface area contributed by atoms with Crippen molar-refractivity contribution in [2.75, 3.05) is 13.2 Å². The summed E-state index contributed by atoms with van der Waals surface area (Å²) in [4.78, 5) is 4.39. The van der Waals surface area contributed by atoms with Crippen LogP contribution in [-0.4, -0.2) is 23.4 Å². The van der Waals surface area contributed by atoms with E-state index in [2.05, 4.69) is 10.1 Å². The van der Waals surface area contributed by atoms with Gasteiger partial charge in [-0.1, -0.05) is 28.4 Å². The Morgan fingerprint density at radius 3 is 2.60 bits per heavy atom. The highest BCUT2D eigenvalue weighted by Gasteiger charge is 2.35. The van der Waals surface area contributed by atoms with Gasteiger partial charge in [0.25, 0.3) is 0 Å². The third-order valence-electron chi connectivity index (χ3n) is 3.41. The van der Waals surface area contributed by atoms with E-state index in [9.17, 15) is 0 Å². The molecule has 1 aliphatic heterocycles. The van der Waals surface area contributed by atoms with Gasteiger partial charge in [0, 0.05) is 18.8 Å². The van der Waals surface area contributed by atoms with Crippen LogP contribution in [0.2, 0.25) is 10.0 Å². The summed E-state index contributed by atoms with van der Waals surface area (Å²) in [5, 5.41) is 4.90. The molecule has 0 bridgehead atoms. The second-order valence-corrected chi connectivity index (χ2v) is 5.63. The van der Waals surface area contributed by atoms with E-state index in [-0.39, 0.29) is 0 Å². The molecule has 0 unspecified atom stereocenters. The monoisotopic (exact) mass is 313 g/mol. The van der Waals surface area contributed by atoms with Gasteiger partial charge in [-0.05, 0) is 31.0 Å². The third-order valence-corrected chi connectivity index (χ3v) is 4.15. The Balaban J connectivity index is 1.91. The number of rotatable bonds is 2. The van der Waals surface area contributed by atoms with E-state index < -0.39 is 5.54 Å². The third kappa shape index (κ3) is 2.54. The SMILES string of the molecule is NC1(c2nc(-c3ccc(Cl)c(Cl)c3)no2)CCOCC1. The molecule has 5 nitrogen and oxygen atoms in total. The molecule has 1 saturated heterocycles. The lowest BCUT2D eigenvalue weighted by atomic mass is 9.91. The number of nitrogens with zero attached hydrogens (tertiary/aromatic N) is 2. The largest absolute Gasteiger partial charge is 0.381 e. The van der Waals surface area contributed by atoms with Crippen LogP contribution in [0.1, 0.15) is 18.7 Å². The summed E-state index contributed by atoms with van der Waals surface area (Å²) >= 11 is 11.9. The quantitative estimate of drug-likeness (QED) is 0.922. The summed E-state index contributed by atoms with van der Waals surface area (Å²) in [7, 11) is 0. The van der Waals surface area contributed by atoms with Crippen LogP contribution in [0.25, 0.3) is 11.4 Å². The Morgan fingerprint density at radius 1 is 1.15 bits per heavy atom. The maximum absolute atomic E-state index is 6.30. The van der Waals surface area contributed by atoms with Crippen LogP contribution in [-0.2, 0) is 10.3 Å². The molecule has 106 valence electrons. The number of halogens is 2. The van der Waals surface area contributed by atoms with Gasteiger partial charge in [0.15, 0.2) is 0 Å². The van der Waals surface area contributed by atoms with E-state index in [1.807, 2.05) is 0 Å². The molecule has 0 saturated carbocycles. The molecule has 0 atom stereocenters. The zero-order chi connectivity index (χ0) is 14.2. The van der Waals surface area contributed by atoms with Gasteiger partial charge < -0.3 is 15.0 Å². The van der Waals surface area contributed by atoms with Crippen molar-refractivity contribution >= 4 is 23.2 Å². The fourth-order valence-electron chi connectivity index (χ4n) is 2.13. The van der Waals surface area contributed by atoms with Gasteiger partial charge in [-0.15, -0.1) is 0 Å². The zero-order valence-electron chi connectivity index (χ0n) is 10.6. The molecule has 1 aromatic heterocycles. The predicted molar refractivity (Wildman–Crippen MR) is 75.7 cm³/mol. The summed E-state index contributed by atoms with van der Waals surface area (Å²) in [6, 6.07) is 5.18. The summed E-state index contributed by atoms with van der Waals surface area (Å²) in [5.74, 6) is 0.886. The van der Waals surface area contributed by atoms with Gasteiger partial charge in [0.05, 0.1) is 10.0 Å². The molecule has 2 aromatic rings. The van der Waals surface area contributed by atoms with Crippen molar-refractivity contribution in [3.63, 3.8) is 0 Å². The fraction of sp³-hybridized carbons (Fsp3) is 0.385. The number of aromatic nitrogens is 2. The van der Waals surface area contributed by atoms with Gasteiger partial charge in [-0.2, -0.15) is 4.98 Å². The van der Waals surface area contributed by atoms with Crippen LogP contribution in [0.5, 0.6) is 0 Å². The lowest BCUT2D eigenvalue weighted by Gasteiger charge is -2.29. The van der Waals surface area contributed by atoms with E-state index in [0.717, 1.165) is 5.56 Å². The van der Waals surface area contributed by atoms with Crippen LogP contribution in [0.15, 0.2) is 22.7 Å². The number of hydrogen-bond acceptors (Lipinski definition) is 5. The number of nitrogens with two attached hydrogens (primary N) is 1. The maximum atomic E-state index is 6.30. The predicted octanol–water partition coefficient (Wildman–Crippen LogP) is 3.01. The topological polar surface area (TPSA) is 74.2 Å². The van der Waals surface area contributed by atoms with Gasteiger partial charge in [-0.25, -0.2) is 0 Å². The van der Waals surface area contributed by atoms with E-state index in [1.54, 1.807) is 18.2 Å². The lowest BCUT2D eigenvalue weighted by Crippen LogP contribution is -2.42. The van der Waals surface area contributed by atoms with Gasteiger partial charge in [-0.3, -0.25) is 0 Å². The standard InChI is InChI=1S/C13H13Cl2N3O2/c14-9-2-1-8(7-10(9)15)11-17-12(20-18-11)13(16)3-5-19-6-4-13/h1-2,7H,3-6,16H2. The highest BCUT2D eigenvalue weighted by Crippen LogP contribution is 2.31. The van der Waals surface area contributed by atoms with Crippen molar-refractivity contribution in [3.8, 4) is 11.4 Å². The minimum absolute atomic E-state index is 0.432. The van der Waals surface area contributed by atoms with Crippen LogP contribution in [0.3, 0.4) is 0 Å². The van der Waals surface area contributed by atoms with Crippen LogP contribution >= 0.6 is 23.2 Å². The zero-order valence-corrected chi connectivity index (χ0v) is 12.1. The fourth-order valence-corrected chi connectivity index (χ4v) is 2.43. The van der Waals surface area contributed by atoms with E-state index in [4.69, 9.17) is 38.2 Å². The van der Waals surface area contributed by atoms with Crippen molar-refractivity contribution in [3.05, 3.63) is 34.1 Å². The lowest BCUT2D eigenvalue weighted by molar-refractivity contribution is 0.0400. The smallest absolute Gasteiger partial charge is 0.247 e. The second-order valence-electron chi connectivity index (χ2n) is 4.82. The first-order chi connectivity index (χ1) is 9.58.